The third-order valence-corrected chi connectivity index (χ3v) is 3.71. The average molecular weight is 257 g/mol. The largest absolute Gasteiger partial charge is 0.389 e. The number of rotatable bonds is 8. The van der Waals surface area contributed by atoms with Gasteiger partial charge in [0.15, 0.2) is 0 Å². The summed E-state index contributed by atoms with van der Waals surface area (Å²) < 4.78 is 5.42. The van der Waals surface area contributed by atoms with Crippen LogP contribution in [0.15, 0.2) is 0 Å². The number of aliphatic hydroxyl groups is 1. The first-order valence-corrected chi connectivity index (χ1v) is 7.54. The van der Waals surface area contributed by atoms with Gasteiger partial charge in [-0.3, -0.25) is 0 Å². The summed E-state index contributed by atoms with van der Waals surface area (Å²) in [6.07, 6.45) is 5.05. The van der Waals surface area contributed by atoms with Crippen molar-refractivity contribution in [3.63, 3.8) is 0 Å². The van der Waals surface area contributed by atoms with Crippen LogP contribution in [0.3, 0.4) is 0 Å². The molecule has 1 aliphatic rings. The normalized spacial score (nSPS) is 26.5. The summed E-state index contributed by atoms with van der Waals surface area (Å²) in [7, 11) is 0. The van der Waals surface area contributed by atoms with Crippen LogP contribution in [0.25, 0.3) is 0 Å². The summed E-state index contributed by atoms with van der Waals surface area (Å²) >= 11 is 0. The van der Waals surface area contributed by atoms with Crippen LogP contribution in [0.1, 0.15) is 46.5 Å². The Morgan fingerprint density at radius 1 is 1.17 bits per heavy atom. The zero-order chi connectivity index (χ0) is 13.4. The number of hydrogen-bond donors (Lipinski definition) is 2. The van der Waals surface area contributed by atoms with Crippen molar-refractivity contribution in [3.05, 3.63) is 0 Å². The molecule has 0 aromatic heterocycles. The molecular formula is C15H31NO2. The molecule has 3 nitrogen and oxygen atoms in total. The molecule has 1 fully saturated rings. The Morgan fingerprint density at radius 3 is 2.44 bits per heavy atom. The summed E-state index contributed by atoms with van der Waals surface area (Å²) in [5.74, 6) is 2.26. The molecule has 2 N–H and O–H groups in total. The minimum Gasteiger partial charge on any atom is -0.389 e. The average Bonchev–Trinajstić information content (AvgIpc) is 2.31. The fraction of sp³-hybridized carbons (Fsp3) is 1.00. The molecular weight excluding hydrogens is 226 g/mol. The quantitative estimate of drug-likeness (QED) is 0.702. The van der Waals surface area contributed by atoms with Gasteiger partial charge in [0.05, 0.1) is 12.7 Å². The predicted octanol–water partition coefficient (Wildman–Crippen LogP) is 2.44. The highest BCUT2D eigenvalue weighted by Crippen LogP contribution is 2.27. The Labute approximate surface area is 112 Å². The van der Waals surface area contributed by atoms with Crippen LogP contribution in [-0.4, -0.2) is 37.5 Å². The van der Waals surface area contributed by atoms with Crippen LogP contribution in [0, 0.1) is 17.8 Å². The van der Waals surface area contributed by atoms with E-state index in [1.165, 1.54) is 25.7 Å². The third kappa shape index (κ3) is 7.34. The highest BCUT2D eigenvalue weighted by Gasteiger charge is 2.17. The van der Waals surface area contributed by atoms with E-state index in [1.54, 1.807) is 0 Å². The first-order valence-electron chi connectivity index (χ1n) is 7.54. The topological polar surface area (TPSA) is 41.5 Å². The Bertz CT molecular complexity index is 201. The summed E-state index contributed by atoms with van der Waals surface area (Å²) in [4.78, 5) is 0. The van der Waals surface area contributed by atoms with Crippen molar-refractivity contribution in [1.29, 1.82) is 0 Å². The molecule has 1 aliphatic carbocycles. The van der Waals surface area contributed by atoms with Gasteiger partial charge >= 0.3 is 0 Å². The maximum atomic E-state index is 9.75. The van der Waals surface area contributed by atoms with E-state index in [-0.39, 0.29) is 6.10 Å². The second-order valence-electron chi connectivity index (χ2n) is 6.37. The minimum atomic E-state index is -0.369. The lowest BCUT2D eigenvalue weighted by atomic mass is 9.83. The van der Waals surface area contributed by atoms with E-state index < -0.39 is 0 Å². The lowest BCUT2D eigenvalue weighted by Gasteiger charge is -2.26. The van der Waals surface area contributed by atoms with Gasteiger partial charge in [-0.25, -0.2) is 0 Å². The molecule has 1 atom stereocenters. The van der Waals surface area contributed by atoms with Gasteiger partial charge in [-0.05, 0) is 37.1 Å². The Morgan fingerprint density at radius 2 is 1.83 bits per heavy atom. The van der Waals surface area contributed by atoms with E-state index in [2.05, 4.69) is 26.1 Å². The van der Waals surface area contributed by atoms with Crippen molar-refractivity contribution in [2.24, 2.45) is 17.8 Å². The van der Waals surface area contributed by atoms with Crippen molar-refractivity contribution in [2.75, 3.05) is 26.3 Å². The zero-order valence-corrected chi connectivity index (χ0v) is 12.3. The Balaban J connectivity index is 1.96. The molecule has 3 heteroatoms. The molecule has 1 rings (SSSR count). The van der Waals surface area contributed by atoms with Crippen molar-refractivity contribution >= 4 is 0 Å². The second-order valence-corrected chi connectivity index (χ2v) is 6.37. The molecule has 0 radical (unpaired) electrons. The van der Waals surface area contributed by atoms with Gasteiger partial charge in [0, 0.05) is 13.2 Å². The SMILES string of the molecule is CC(C)COCC(O)CNCC1CCC(C)CC1. The molecule has 0 aliphatic heterocycles. The maximum absolute atomic E-state index is 9.75. The van der Waals surface area contributed by atoms with Crippen LogP contribution in [-0.2, 0) is 4.74 Å². The second kappa shape index (κ2) is 8.89. The molecule has 1 saturated carbocycles. The van der Waals surface area contributed by atoms with Crippen molar-refractivity contribution in [3.8, 4) is 0 Å². The summed E-state index contributed by atoms with van der Waals surface area (Å²) in [6.45, 7) is 9.48. The predicted molar refractivity (Wildman–Crippen MR) is 75.7 cm³/mol. The smallest absolute Gasteiger partial charge is 0.0897 e. The summed E-state index contributed by atoms with van der Waals surface area (Å²) in [5.41, 5.74) is 0. The standard InChI is InChI=1S/C15H31NO2/c1-12(2)10-18-11-15(17)9-16-8-14-6-4-13(3)5-7-14/h12-17H,4-11H2,1-3H3. The van der Waals surface area contributed by atoms with Gasteiger partial charge in [-0.1, -0.05) is 33.6 Å². The molecule has 0 aromatic carbocycles. The first kappa shape index (κ1) is 15.9. The van der Waals surface area contributed by atoms with Gasteiger partial charge < -0.3 is 15.2 Å². The number of ether oxygens (including phenoxy) is 1. The number of hydrogen-bond acceptors (Lipinski definition) is 3. The molecule has 0 amide bonds. The third-order valence-electron chi connectivity index (χ3n) is 3.71. The summed E-state index contributed by atoms with van der Waals surface area (Å²) in [6, 6.07) is 0. The van der Waals surface area contributed by atoms with Gasteiger partial charge in [-0.2, -0.15) is 0 Å². The molecule has 1 unspecified atom stereocenters. The van der Waals surface area contributed by atoms with E-state index in [0.717, 1.165) is 25.0 Å². The van der Waals surface area contributed by atoms with Crippen LogP contribution >= 0.6 is 0 Å². The number of nitrogens with one attached hydrogen (secondary N) is 1. The molecule has 0 bridgehead atoms. The van der Waals surface area contributed by atoms with Gasteiger partial charge in [0.2, 0.25) is 0 Å². The van der Waals surface area contributed by atoms with E-state index in [1.807, 2.05) is 0 Å². The fourth-order valence-electron chi connectivity index (χ4n) is 2.49. The van der Waals surface area contributed by atoms with Crippen LogP contribution < -0.4 is 5.32 Å². The lowest BCUT2D eigenvalue weighted by molar-refractivity contribution is 0.0256. The molecule has 108 valence electrons. The maximum Gasteiger partial charge on any atom is 0.0897 e. The molecule has 0 aromatic rings. The van der Waals surface area contributed by atoms with Gasteiger partial charge in [-0.15, -0.1) is 0 Å². The first-order chi connectivity index (χ1) is 8.58. The molecule has 0 heterocycles. The van der Waals surface area contributed by atoms with E-state index in [0.29, 0.717) is 19.1 Å². The van der Waals surface area contributed by atoms with Crippen LogP contribution in [0.5, 0.6) is 0 Å². The molecule has 0 saturated heterocycles. The van der Waals surface area contributed by atoms with E-state index >= 15 is 0 Å². The van der Waals surface area contributed by atoms with E-state index in [9.17, 15) is 5.11 Å². The van der Waals surface area contributed by atoms with Crippen molar-refractivity contribution in [2.45, 2.75) is 52.6 Å². The summed E-state index contributed by atoms with van der Waals surface area (Å²) in [5, 5.41) is 13.1. The van der Waals surface area contributed by atoms with Crippen molar-refractivity contribution < 1.29 is 9.84 Å². The lowest BCUT2D eigenvalue weighted by Crippen LogP contribution is -2.34. The minimum absolute atomic E-state index is 0.369. The fourth-order valence-corrected chi connectivity index (χ4v) is 2.49. The van der Waals surface area contributed by atoms with Crippen LogP contribution in [0.2, 0.25) is 0 Å². The zero-order valence-electron chi connectivity index (χ0n) is 12.3. The Hall–Kier alpha value is -0.120. The van der Waals surface area contributed by atoms with Gasteiger partial charge in [0.1, 0.15) is 0 Å². The Kier molecular flexibility index (Phi) is 7.87. The number of aliphatic hydroxyl groups excluding tert-OH is 1. The van der Waals surface area contributed by atoms with Crippen LogP contribution in [0.4, 0.5) is 0 Å². The molecule has 0 spiro atoms. The van der Waals surface area contributed by atoms with Gasteiger partial charge in [0.25, 0.3) is 0 Å². The highest BCUT2D eigenvalue weighted by molar-refractivity contribution is 4.72. The highest BCUT2D eigenvalue weighted by atomic mass is 16.5. The monoisotopic (exact) mass is 257 g/mol. The van der Waals surface area contributed by atoms with E-state index in [4.69, 9.17) is 4.74 Å². The van der Waals surface area contributed by atoms with Crippen molar-refractivity contribution in [1.82, 2.24) is 5.32 Å². The molecule has 18 heavy (non-hydrogen) atoms.